The number of benzene rings is 1. The maximum absolute atomic E-state index is 11.7. The Morgan fingerprint density at radius 1 is 1.11 bits per heavy atom. The fraction of sp³-hybridized carbons (Fsp3) is 0.0833. The second-order valence-electron chi connectivity index (χ2n) is 3.49. The zero-order chi connectivity index (χ0) is 14.6. The van der Waals surface area contributed by atoms with Gasteiger partial charge < -0.3 is 10.4 Å². The smallest absolute Gasteiger partial charge is 0.349 e. The Morgan fingerprint density at radius 3 is 2.21 bits per heavy atom. The van der Waals surface area contributed by atoms with Gasteiger partial charge in [-0.05, 0) is 19.1 Å². The number of hydrogen-bond donors (Lipinski definition) is 2. The molecule has 0 unspecified atom stereocenters. The van der Waals surface area contributed by atoms with E-state index >= 15 is 0 Å². The number of rotatable bonds is 4. The SMILES string of the molecule is CC(=O)c1ccccc1NC(=O)/C(Cl)=C(/Cl)C(=O)O. The number of halogens is 2. The summed E-state index contributed by atoms with van der Waals surface area (Å²) in [5, 5.41) is 9.48. The topological polar surface area (TPSA) is 83.5 Å². The quantitative estimate of drug-likeness (QED) is 0.661. The first-order valence-electron chi connectivity index (χ1n) is 5.04. The van der Waals surface area contributed by atoms with Crippen LogP contribution < -0.4 is 5.32 Å². The summed E-state index contributed by atoms with van der Waals surface area (Å²) < 4.78 is 0. The number of carboxylic acids is 1. The third-order valence-corrected chi connectivity index (χ3v) is 2.94. The first-order valence-corrected chi connectivity index (χ1v) is 5.80. The van der Waals surface area contributed by atoms with E-state index < -0.39 is 21.9 Å². The zero-order valence-corrected chi connectivity index (χ0v) is 11.2. The van der Waals surface area contributed by atoms with Crippen LogP contribution in [0.1, 0.15) is 17.3 Å². The summed E-state index contributed by atoms with van der Waals surface area (Å²) in [5.41, 5.74) is 0.514. The van der Waals surface area contributed by atoms with Crippen molar-refractivity contribution in [2.24, 2.45) is 0 Å². The lowest BCUT2D eigenvalue weighted by molar-refractivity contribution is -0.132. The molecule has 0 atom stereocenters. The van der Waals surface area contributed by atoms with E-state index in [1.165, 1.54) is 19.1 Å². The van der Waals surface area contributed by atoms with Crippen LogP contribution in [-0.2, 0) is 9.59 Å². The van der Waals surface area contributed by atoms with Crippen LogP contribution in [0.15, 0.2) is 34.3 Å². The molecule has 0 aliphatic rings. The Balaban J connectivity index is 3.05. The number of carboxylic acid groups (broad SMARTS) is 1. The van der Waals surface area contributed by atoms with Crippen molar-refractivity contribution in [2.45, 2.75) is 6.92 Å². The molecule has 0 aromatic heterocycles. The molecule has 0 aliphatic carbocycles. The van der Waals surface area contributed by atoms with Crippen molar-refractivity contribution in [3.05, 3.63) is 39.9 Å². The highest BCUT2D eigenvalue weighted by Gasteiger charge is 2.18. The first-order chi connectivity index (χ1) is 8.84. The lowest BCUT2D eigenvalue weighted by atomic mass is 10.1. The molecule has 5 nitrogen and oxygen atoms in total. The van der Waals surface area contributed by atoms with Crippen LogP contribution in [0.4, 0.5) is 5.69 Å². The van der Waals surface area contributed by atoms with E-state index in [4.69, 9.17) is 28.3 Å². The van der Waals surface area contributed by atoms with Gasteiger partial charge in [0.1, 0.15) is 10.1 Å². The van der Waals surface area contributed by atoms with Crippen molar-refractivity contribution >= 4 is 46.5 Å². The lowest BCUT2D eigenvalue weighted by Gasteiger charge is -2.08. The Bertz CT molecular complexity index is 581. The van der Waals surface area contributed by atoms with Crippen molar-refractivity contribution in [3.8, 4) is 0 Å². The monoisotopic (exact) mass is 301 g/mol. The molecule has 0 fully saturated rings. The number of ketones is 1. The number of para-hydroxylation sites is 1. The average Bonchev–Trinajstić information content (AvgIpc) is 2.37. The Morgan fingerprint density at radius 2 is 1.68 bits per heavy atom. The zero-order valence-electron chi connectivity index (χ0n) is 9.74. The average molecular weight is 302 g/mol. The number of carbonyl (C=O) groups excluding carboxylic acids is 2. The second kappa shape index (κ2) is 6.36. The highest BCUT2D eigenvalue weighted by Crippen LogP contribution is 2.20. The molecule has 1 aromatic carbocycles. The van der Waals surface area contributed by atoms with Gasteiger partial charge in [0.2, 0.25) is 0 Å². The molecule has 0 heterocycles. The third kappa shape index (κ3) is 3.81. The maximum atomic E-state index is 11.7. The van der Waals surface area contributed by atoms with Crippen LogP contribution >= 0.6 is 23.2 Å². The molecular formula is C12H9Cl2NO4. The largest absolute Gasteiger partial charge is 0.477 e. The molecule has 0 aliphatic heterocycles. The van der Waals surface area contributed by atoms with E-state index in [2.05, 4.69) is 5.32 Å². The van der Waals surface area contributed by atoms with Crippen LogP contribution in [0.5, 0.6) is 0 Å². The van der Waals surface area contributed by atoms with Gasteiger partial charge in [-0.2, -0.15) is 0 Å². The van der Waals surface area contributed by atoms with Gasteiger partial charge in [-0.3, -0.25) is 9.59 Å². The van der Waals surface area contributed by atoms with Crippen molar-refractivity contribution < 1.29 is 19.5 Å². The first kappa shape index (κ1) is 15.2. The number of amides is 1. The second-order valence-corrected chi connectivity index (χ2v) is 4.24. The van der Waals surface area contributed by atoms with E-state index in [1.807, 2.05) is 0 Å². The van der Waals surface area contributed by atoms with Gasteiger partial charge in [0.15, 0.2) is 5.78 Å². The van der Waals surface area contributed by atoms with E-state index in [0.29, 0.717) is 0 Å². The Labute approximate surface area is 118 Å². The normalized spacial score (nSPS) is 11.5. The summed E-state index contributed by atoms with van der Waals surface area (Å²) >= 11 is 10.9. The minimum Gasteiger partial charge on any atom is -0.477 e. The Kier molecular flexibility index (Phi) is 5.09. The molecule has 0 saturated carbocycles. The Hall–Kier alpha value is -1.85. The van der Waals surface area contributed by atoms with Gasteiger partial charge in [-0.15, -0.1) is 0 Å². The van der Waals surface area contributed by atoms with Gasteiger partial charge in [0.05, 0.1) is 5.69 Å². The number of carbonyl (C=O) groups is 3. The van der Waals surface area contributed by atoms with Crippen LogP contribution in [0.2, 0.25) is 0 Å². The van der Waals surface area contributed by atoms with E-state index in [9.17, 15) is 14.4 Å². The molecular weight excluding hydrogens is 293 g/mol. The number of aliphatic carboxylic acids is 1. The summed E-state index contributed by atoms with van der Waals surface area (Å²) in [7, 11) is 0. The predicted octanol–water partition coefficient (Wildman–Crippen LogP) is 2.60. The van der Waals surface area contributed by atoms with E-state index in [1.54, 1.807) is 12.1 Å². The fourth-order valence-electron chi connectivity index (χ4n) is 1.27. The summed E-state index contributed by atoms with van der Waals surface area (Å²) in [6.45, 7) is 1.34. The lowest BCUT2D eigenvalue weighted by Crippen LogP contribution is -2.16. The van der Waals surface area contributed by atoms with Gasteiger partial charge in [-0.1, -0.05) is 35.3 Å². The molecule has 7 heteroatoms. The van der Waals surface area contributed by atoms with E-state index in [-0.39, 0.29) is 17.0 Å². The number of anilines is 1. The van der Waals surface area contributed by atoms with Gasteiger partial charge in [0, 0.05) is 5.56 Å². The summed E-state index contributed by atoms with van der Waals surface area (Å²) in [6.07, 6.45) is 0. The summed E-state index contributed by atoms with van der Waals surface area (Å²) in [4.78, 5) is 33.6. The highest BCUT2D eigenvalue weighted by molar-refractivity contribution is 6.54. The molecule has 0 saturated heterocycles. The van der Waals surface area contributed by atoms with Gasteiger partial charge in [-0.25, -0.2) is 4.79 Å². The van der Waals surface area contributed by atoms with Crippen LogP contribution in [-0.4, -0.2) is 22.8 Å². The molecule has 0 spiro atoms. The minimum absolute atomic E-state index is 0.230. The molecule has 1 rings (SSSR count). The molecule has 1 aromatic rings. The number of hydrogen-bond acceptors (Lipinski definition) is 3. The molecule has 2 N–H and O–H groups in total. The van der Waals surface area contributed by atoms with Crippen molar-refractivity contribution in [3.63, 3.8) is 0 Å². The standard InChI is InChI=1S/C12H9Cl2NO4/c1-6(16)7-4-2-3-5-8(7)15-11(17)9(13)10(14)12(18)19/h2-5H,1H3,(H,15,17)(H,18,19)/b10-9-. The summed E-state index contributed by atoms with van der Waals surface area (Å²) in [6, 6.07) is 6.26. The van der Waals surface area contributed by atoms with Crippen LogP contribution in [0.25, 0.3) is 0 Å². The molecule has 0 bridgehead atoms. The number of nitrogens with one attached hydrogen (secondary N) is 1. The van der Waals surface area contributed by atoms with Gasteiger partial charge in [0.25, 0.3) is 5.91 Å². The minimum atomic E-state index is -1.51. The van der Waals surface area contributed by atoms with E-state index in [0.717, 1.165) is 0 Å². The molecule has 100 valence electrons. The maximum Gasteiger partial charge on any atom is 0.349 e. The van der Waals surface area contributed by atoms with Crippen molar-refractivity contribution in [2.75, 3.05) is 5.32 Å². The van der Waals surface area contributed by atoms with Crippen LogP contribution in [0.3, 0.4) is 0 Å². The molecule has 19 heavy (non-hydrogen) atoms. The fourth-order valence-corrected chi connectivity index (χ4v) is 1.48. The molecule has 1 amide bonds. The van der Waals surface area contributed by atoms with Crippen molar-refractivity contribution in [1.82, 2.24) is 0 Å². The van der Waals surface area contributed by atoms with Gasteiger partial charge >= 0.3 is 5.97 Å². The predicted molar refractivity (Wildman–Crippen MR) is 71.4 cm³/mol. The number of Topliss-reactive ketones (excluding diaryl/α,β-unsaturated/α-hetero) is 1. The van der Waals surface area contributed by atoms with Crippen LogP contribution in [0, 0.1) is 0 Å². The molecule has 0 radical (unpaired) electrons. The summed E-state index contributed by atoms with van der Waals surface area (Å²) in [5.74, 6) is -2.66. The van der Waals surface area contributed by atoms with Crippen molar-refractivity contribution in [1.29, 1.82) is 0 Å². The highest BCUT2D eigenvalue weighted by atomic mass is 35.5. The third-order valence-electron chi connectivity index (χ3n) is 2.13.